The zero-order chi connectivity index (χ0) is 14.5. The van der Waals surface area contributed by atoms with Gasteiger partial charge in [0.25, 0.3) is 0 Å². The molecule has 1 rings (SSSR count). The molecule has 2 atom stereocenters. The second-order valence-electron chi connectivity index (χ2n) is 5.94. The van der Waals surface area contributed by atoms with Gasteiger partial charge in [0.05, 0.1) is 0 Å². The maximum absolute atomic E-state index is 10.8. The number of rotatable bonds is 6. The average Bonchev–Trinajstić information content (AvgIpc) is 2.33. The van der Waals surface area contributed by atoms with E-state index in [1.807, 2.05) is 18.2 Å². The molecule has 0 aliphatic heterocycles. The highest BCUT2D eigenvalue weighted by Gasteiger charge is 2.22. The second-order valence-corrected chi connectivity index (χ2v) is 7.18. The number of carboxylic acids is 1. The molecule has 0 aromatic heterocycles. The van der Waals surface area contributed by atoms with Crippen LogP contribution in [-0.4, -0.2) is 22.9 Å². The quantitative estimate of drug-likeness (QED) is 0.839. The molecule has 1 unspecified atom stereocenters. The van der Waals surface area contributed by atoms with Gasteiger partial charge in [0.15, 0.2) is 0 Å². The predicted octanol–water partition coefficient (Wildman–Crippen LogP) is 3.31. The van der Waals surface area contributed by atoms with E-state index in [9.17, 15) is 4.79 Å². The van der Waals surface area contributed by atoms with Gasteiger partial charge < -0.3 is 10.8 Å². The van der Waals surface area contributed by atoms with Crippen molar-refractivity contribution in [2.45, 2.75) is 38.5 Å². The molecule has 0 bridgehead atoms. The van der Waals surface area contributed by atoms with E-state index in [-0.39, 0.29) is 10.7 Å². The van der Waals surface area contributed by atoms with Gasteiger partial charge in [-0.15, -0.1) is 0 Å². The fraction of sp³-hybridized carbons (Fsp3) is 0.533. The molecular formula is C15H23NO2S. The Labute approximate surface area is 119 Å². The second kappa shape index (κ2) is 6.96. The summed E-state index contributed by atoms with van der Waals surface area (Å²) in [5.41, 5.74) is 7.02. The summed E-state index contributed by atoms with van der Waals surface area (Å²) < 4.78 is 0. The van der Waals surface area contributed by atoms with Crippen LogP contribution in [0.3, 0.4) is 0 Å². The highest BCUT2D eigenvalue weighted by molar-refractivity contribution is 7.99. The van der Waals surface area contributed by atoms with Crippen LogP contribution in [0.2, 0.25) is 0 Å². The molecular weight excluding hydrogens is 258 g/mol. The van der Waals surface area contributed by atoms with E-state index in [4.69, 9.17) is 10.8 Å². The lowest BCUT2D eigenvalue weighted by Gasteiger charge is -2.26. The van der Waals surface area contributed by atoms with Crippen LogP contribution in [0.15, 0.2) is 30.3 Å². The van der Waals surface area contributed by atoms with E-state index in [1.54, 1.807) is 11.8 Å². The fourth-order valence-corrected chi connectivity index (χ4v) is 3.34. The van der Waals surface area contributed by atoms with Crippen molar-refractivity contribution < 1.29 is 9.90 Å². The zero-order valence-corrected chi connectivity index (χ0v) is 12.6. The molecule has 0 aliphatic carbocycles. The molecule has 0 aliphatic rings. The third-order valence-electron chi connectivity index (χ3n) is 2.76. The molecule has 106 valence electrons. The van der Waals surface area contributed by atoms with E-state index < -0.39 is 12.0 Å². The smallest absolute Gasteiger partial charge is 0.321 e. The van der Waals surface area contributed by atoms with Crippen molar-refractivity contribution in [2.24, 2.45) is 11.1 Å². The number of carboxylic acid groups (broad SMARTS) is 1. The number of benzene rings is 1. The van der Waals surface area contributed by atoms with Crippen LogP contribution < -0.4 is 5.73 Å². The van der Waals surface area contributed by atoms with E-state index in [0.29, 0.717) is 5.75 Å². The van der Waals surface area contributed by atoms with Crippen LogP contribution in [0, 0.1) is 5.41 Å². The lowest BCUT2D eigenvalue weighted by Crippen LogP contribution is -2.32. The molecule has 0 radical (unpaired) electrons. The monoisotopic (exact) mass is 281 g/mol. The summed E-state index contributed by atoms with van der Waals surface area (Å²) in [5, 5.41) is 9.14. The maximum Gasteiger partial charge on any atom is 0.321 e. The van der Waals surface area contributed by atoms with Gasteiger partial charge in [-0.1, -0.05) is 51.1 Å². The Kier molecular flexibility index (Phi) is 5.88. The van der Waals surface area contributed by atoms with Crippen molar-refractivity contribution in [2.75, 3.05) is 5.75 Å². The van der Waals surface area contributed by atoms with E-state index in [2.05, 4.69) is 32.9 Å². The van der Waals surface area contributed by atoms with Gasteiger partial charge in [0, 0.05) is 11.0 Å². The normalized spacial score (nSPS) is 14.9. The number of nitrogens with two attached hydrogens (primary N) is 1. The van der Waals surface area contributed by atoms with Crippen LogP contribution >= 0.6 is 11.8 Å². The van der Waals surface area contributed by atoms with Gasteiger partial charge >= 0.3 is 5.97 Å². The van der Waals surface area contributed by atoms with Crippen molar-refractivity contribution in [1.82, 2.24) is 0 Å². The van der Waals surface area contributed by atoms with Gasteiger partial charge in [-0.3, -0.25) is 4.79 Å². The summed E-state index contributed by atoms with van der Waals surface area (Å²) in [6.45, 7) is 6.59. The van der Waals surface area contributed by atoms with Gasteiger partial charge in [0.2, 0.25) is 0 Å². The Morgan fingerprint density at radius 2 is 1.89 bits per heavy atom. The SMILES string of the molecule is CC(C)(C)CC(SC[C@H](N)C(=O)O)c1ccccc1. The van der Waals surface area contributed by atoms with Gasteiger partial charge in [-0.05, 0) is 17.4 Å². The first kappa shape index (κ1) is 16.1. The summed E-state index contributed by atoms with van der Waals surface area (Å²) in [6.07, 6.45) is 0.994. The minimum Gasteiger partial charge on any atom is -0.480 e. The van der Waals surface area contributed by atoms with Crippen LogP contribution in [0.4, 0.5) is 0 Å². The Hall–Kier alpha value is -1.00. The van der Waals surface area contributed by atoms with Gasteiger partial charge in [0.1, 0.15) is 6.04 Å². The largest absolute Gasteiger partial charge is 0.480 e. The van der Waals surface area contributed by atoms with E-state index in [0.717, 1.165) is 6.42 Å². The number of carbonyl (C=O) groups is 1. The predicted molar refractivity (Wildman–Crippen MR) is 81.3 cm³/mol. The molecule has 3 N–H and O–H groups in total. The summed E-state index contributed by atoms with van der Waals surface area (Å²) in [5.74, 6) is -0.500. The third-order valence-corrected chi connectivity index (χ3v) is 4.16. The Morgan fingerprint density at radius 3 is 2.37 bits per heavy atom. The van der Waals surface area contributed by atoms with Crippen LogP contribution in [-0.2, 0) is 4.79 Å². The first-order valence-corrected chi connectivity index (χ1v) is 7.49. The lowest BCUT2D eigenvalue weighted by atomic mass is 9.88. The molecule has 0 amide bonds. The lowest BCUT2D eigenvalue weighted by molar-refractivity contribution is -0.137. The van der Waals surface area contributed by atoms with Crippen molar-refractivity contribution >= 4 is 17.7 Å². The van der Waals surface area contributed by atoms with E-state index >= 15 is 0 Å². The number of aliphatic carboxylic acids is 1. The molecule has 0 saturated carbocycles. The topological polar surface area (TPSA) is 63.3 Å². The number of hydrogen-bond donors (Lipinski definition) is 2. The molecule has 0 saturated heterocycles. The highest BCUT2D eigenvalue weighted by Crippen LogP contribution is 2.39. The van der Waals surface area contributed by atoms with Crippen molar-refractivity contribution in [3.8, 4) is 0 Å². The highest BCUT2D eigenvalue weighted by atomic mass is 32.2. The summed E-state index contributed by atoms with van der Waals surface area (Å²) >= 11 is 1.63. The van der Waals surface area contributed by atoms with Crippen LogP contribution in [0.25, 0.3) is 0 Å². The third kappa shape index (κ3) is 6.12. The van der Waals surface area contributed by atoms with Crippen molar-refractivity contribution in [3.63, 3.8) is 0 Å². The molecule has 1 aromatic rings. The summed E-state index contributed by atoms with van der Waals surface area (Å²) in [6, 6.07) is 9.42. The molecule has 0 heterocycles. The van der Waals surface area contributed by atoms with Crippen LogP contribution in [0.1, 0.15) is 38.0 Å². The molecule has 4 heteroatoms. The Morgan fingerprint density at radius 1 is 1.32 bits per heavy atom. The zero-order valence-electron chi connectivity index (χ0n) is 11.8. The van der Waals surface area contributed by atoms with Crippen molar-refractivity contribution in [3.05, 3.63) is 35.9 Å². The minimum atomic E-state index is -0.935. The van der Waals surface area contributed by atoms with Gasteiger partial charge in [-0.25, -0.2) is 0 Å². The first-order valence-electron chi connectivity index (χ1n) is 6.44. The van der Waals surface area contributed by atoms with Gasteiger partial charge in [-0.2, -0.15) is 11.8 Å². The van der Waals surface area contributed by atoms with E-state index in [1.165, 1.54) is 5.56 Å². The van der Waals surface area contributed by atoms with Crippen molar-refractivity contribution in [1.29, 1.82) is 0 Å². The number of hydrogen-bond acceptors (Lipinski definition) is 3. The summed E-state index contributed by atoms with van der Waals surface area (Å²) in [7, 11) is 0. The molecule has 3 nitrogen and oxygen atoms in total. The number of thioether (sulfide) groups is 1. The molecule has 0 spiro atoms. The molecule has 1 aromatic carbocycles. The summed E-state index contributed by atoms with van der Waals surface area (Å²) in [4.78, 5) is 10.8. The molecule has 19 heavy (non-hydrogen) atoms. The molecule has 0 fully saturated rings. The minimum absolute atomic E-state index is 0.195. The van der Waals surface area contributed by atoms with Crippen LogP contribution in [0.5, 0.6) is 0 Å². The average molecular weight is 281 g/mol. The first-order chi connectivity index (χ1) is 8.79. The maximum atomic E-state index is 10.8. The standard InChI is InChI=1S/C15H23NO2S/c1-15(2,3)9-13(11-7-5-4-6-8-11)19-10-12(16)14(17)18/h4-8,12-13H,9-10,16H2,1-3H3,(H,17,18)/t12-,13?/m0/s1. The Balaban J connectivity index is 2.73. The fourth-order valence-electron chi connectivity index (χ4n) is 1.79. The Bertz CT molecular complexity index is 400.